The number of thioether (sulfide) groups is 1. The van der Waals surface area contributed by atoms with E-state index in [1.165, 1.54) is 7.11 Å². The van der Waals surface area contributed by atoms with E-state index in [0.29, 0.717) is 16.7 Å². The zero-order valence-corrected chi connectivity index (χ0v) is 23.3. The molecule has 0 spiro atoms. The summed E-state index contributed by atoms with van der Waals surface area (Å²) in [6.07, 6.45) is 6.95. The van der Waals surface area contributed by atoms with Gasteiger partial charge in [0.1, 0.15) is 24.3 Å². The SMILES string of the molecule is CC.COC(=O)c1cc(C)c(O)cc1C.CSC.[B][N+]1=CCN(CCc2ccc(C)c(F)c2)CC1. The number of benzene rings is 2. The van der Waals surface area contributed by atoms with E-state index < -0.39 is 0 Å². The normalized spacial score (nSPS) is 12.5. The Hall–Kier alpha value is -2.32. The molecule has 0 saturated carbocycles. The molecular weight excluding hydrogens is 462 g/mol. The molecule has 192 valence electrons. The van der Waals surface area contributed by atoms with Crippen molar-refractivity contribution in [1.82, 2.24) is 4.90 Å². The lowest BCUT2D eigenvalue weighted by molar-refractivity contribution is -0.378. The number of phenols is 1. The first-order chi connectivity index (χ1) is 16.6. The fraction of sp³-hybridized carbons (Fsp3) is 0.481. The highest BCUT2D eigenvalue weighted by atomic mass is 32.2. The van der Waals surface area contributed by atoms with Crippen LogP contribution in [0.25, 0.3) is 0 Å². The van der Waals surface area contributed by atoms with Crippen LogP contribution in [0.1, 0.15) is 46.5 Å². The summed E-state index contributed by atoms with van der Waals surface area (Å²) in [5.74, 6) is -0.286. The standard InChI is InChI=1S/C13H17BFN2.C10H12O3.C2H6S.C2H6/c1-11-2-3-12(10-13(11)15)4-5-16-6-8-17(14)9-7-16;1-6-5-9(11)7(2)4-8(6)10(12)13-3;1-3-2;1-2/h2-3,8,10H,4-7,9H2,1H3;4-5,11H,1-3H3;1-2H3;1-2H3/q+1;;;. The Morgan fingerprint density at radius 2 is 1.77 bits per heavy atom. The van der Waals surface area contributed by atoms with Gasteiger partial charge in [0.15, 0.2) is 0 Å². The summed E-state index contributed by atoms with van der Waals surface area (Å²) >= 11 is 1.75. The van der Waals surface area contributed by atoms with Gasteiger partial charge in [-0.05, 0) is 80.2 Å². The second kappa shape index (κ2) is 18.0. The summed E-state index contributed by atoms with van der Waals surface area (Å²) in [6, 6.07) is 8.66. The molecular formula is C27H41BFN2O3S+. The van der Waals surface area contributed by atoms with Gasteiger partial charge in [-0.1, -0.05) is 26.0 Å². The highest BCUT2D eigenvalue weighted by Crippen LogP contribution is 2.21. The van der Waals surface area contributed by atoms with Crippen LogP contribution in [0.4, 0.5) is 4.39 Å². The number of esters is 1. The molecule has 2 aromatic rings. The van der Waals surface area contributed by atoms with Gasteiger partial charge >= 0.3 is 14.0 Å². The average molecular weight is 504 g/mol. The quantitative estimate of drug-likeness (QED) is 0.472. The predicted octanol–water partition coefficient (Wildman–Crippen LogP) is 4.96. The third-order valence-electron chi connectivity index (χ3n) is 5.15. The molecule has 8 heteroatoms. The number of phenolic OH excluding ortho intramolecular Hbond substituents is 1. The Kier molecular flexibility index (Phi) is 16.8. The zero-order chi connectivity index (χ0) is 27.0. The van der Waals surface area contributed by atoms with Crippen LogP contribution in [-0.4, -0.2) is 80.5 Å². The molecule has 0 atom stereocenters. The van der Waals surface area contributed by atoms with Crippen molar-refractivity contribution in [3.05, 3.63) is 64.0 Å². The van der Waals surface area contributed by atoms with Gasteiger partial charge in [0.25, 0.3) is 0 Å². The number of methoxy groups -OCH3 is 1. The number of aromatic hydroxyl groups is 1. The molecule has 2 aromatic carbocycles. The van der Waals surface area contributed by atoms with Gasteiger partial charge < -0.3 is 14.3 Å². The maximum absolute atomic E-state index is 13.4. The van der Waals surface area contributed by atoms with Crippen LogP contribution in [0, 0.1) is 26.6 Å². The fourth-order valence-electron chi connectivity index (χ4n) is 3.07. The molecule has 0 aromatic heterocycles. The summed E-state index contributed by atoms with van der Waals surface area (Å²) in [7, 11) is 6.98. The Labute approximate surface area is 216 Å². The number of carbonyl (C=O) groups excluding carboxylic acids is 1. The number of hydrogen-bond donors (Lipinski definition) is 1. The largest absolute Gasteiger partial charge is 0.579 e. The van der Waals surface area contributed by atoms with Crippen LogP contribution in [0.5, 0.6) is 5.75 Å². The van der Waals surface area contributed by atoms with E-state index in [-0.39, 0.29) is 17.5 Å². The first kappa shape index (κ1) is 32.7. The van der Waals surface area contributed by atoms with Crippen LogP contribution < -0.4 is 0 Å². The third-order valence-corrected chi connectivity index (χ3v) is 5.15. The summed E-state index contributed by atoms with van der Waals surface area (Å²) in [5, 5.41) is 9.33. The Bertz CT molecular complexity index is 954. The highest BCUT2D eigenvalue weighted by molar-refractivity contribution is 7.97. The summed E-state index contributed by atoms with van der Waals surface area (Å²) in [5.41, 5.74) is 3.65. The van der Waals surface area contributed by atoms with Crippen molar-refractivity contribution in [2.45, 2.75) is 41.0 Å². The number of ether oxygens (including phenoxy) is 1. The van der Waals surface area contributed by atoms with Crippen molar-refractivity contribution in [3.63, 3.8) is 0 Å². The molecule has 0 bridgehead atoms. The number of rotatable bonds is 4. The molecule has 0 aliphatic carbocycles. The van der Waals surface area contributed by atoms with Crippen molar-refractivity contribution in [3.8, 4) is 5.75 Å². The van der Waals surface area contributed by atoms with Gasteiger partial charge in [-0.2, -0.15) is 11.8 Å². The van der Waals surface area contributed by atoms with Gasteiger partial charge in [-0.3, -0.25) is 4.90 Å². The monoisotopic (exact) mass is 503 g/mol. The van der Waals surface area contributed by atoms with Gasteiger partial charge in [-0.25, -0.2) is 9.18 Å². The van der Waals surface area contributed by atoms with E-state index >= 15 is 0 Å². The molecule has 1 heterocycles. The average Bonchev–Trinajstić information content (AvgIpc) is 2.85. The van der Waals surface area contributed by atoms with Gasteiger partial charge in [0, 0.05) is 6.54 Å². The Morgan fingerprint density at radius 1 is 1.14 bits per heavy atom. The van der Waals surface area contributed by atoms with Crippen molar-refractivity contribution >= 4 is 31.9 Å². The van der Waals surface area contributed by atoms with Gasteiger partial charge in [0.05, 0.1) is 25.8 Å². The molecule has 0 unspecified atom stereocenters. The molecule has 1 aliphatic heterocycles. The molecule has 0 saturated heterocycles. The molecule has 2 radical (unpaired) electrons. The number of aryl methyl sites for hydroxylation is 3. The van der Waals surface area contributed by atoms with Crippen molar-refractivity contribution < 1.29 is 23.5 Å². The minimum absolute atomic E-state index is 0.110. The predicted molar refractivity (Wildman–Crippen MR) is 148 cm³/mol. The number of nitrogens with zero attached hydrogens (tertiary/aromatic N) is 2. The molecule has 0 amide bonds. The van der Waals surface area contributed by atoms with Crippen LogP contribution in [0.2, 0.25) is 0 Å². The van der Waals surface area contributed by atoms with E-state index in [9.17, 15) is 14.3 Å². The van der Waals surface area contributed by atoms with Crippen molar-refractivity contribution in [1.29, 1.82) is 0 Å². The molecule has 35 heavy (non-hydrogen) atoms. The second-order valence-corrected chi connectivity index (χ2v) is 8.72. The fourth-order valence-corrected chi connectivity index (χ4v) is 3.07. The lowest BCUT2D eigenvalue weighted by Crippen LogP contribution is -2.39. The molecule has 0 fully saturated rings. The van der Waals surface area contributed by atoms with E-state index in [2.05, 4.69) is 9.64 Å². The molecule has 3 rings (SSSR count). The van der Waals surface area contributed by atoms with Crippen LogP contribution in [-0.2, 0) is 11.2 Å². The highest BCUT2D eigenvalue weighted by Gasteiger charge is 2.13. The number of carbonyl (C=O) groups is 1. The lowest BCUT2D eigenvalue weighted by atomic mass is 10.0. The first-order valence-electron chi connectivity index (χ1n) is 11.7. The molecule has 1 aliphatic rings. The minimum Gasteiger partial charge on any atom is -0.508 e. The minimum atomic E-state index is -0.374. The maximum Gasteiger partial charge on any atom is 0.579 e. The van der Waals surface area contributed by atoms with E-state index in [1.807, 2.05) is 44.7 Å². The Balaban J connectivity index is 0.000000572. The number of halogens is 1. The zero-order valence-electron chi connectivity index (χ0n) is 22.5. The van der Waals surface area contributed by atoms with E-state index in [4.69, 9.17) is 7.98 Å². The maximum atomic E-state index is 13.4. The Morgan fingerprint density at radius 3 is 2.29 bits per heavy atom. The van der Waals surface area contributed by atoms with E-state index in [1.54, 1.807) is 55.2 Å². The van der Waals surface area contributed by atoms with Gasteiger partial charge in [0.2, 0.25) is 0 Å². The summed E-state index contributed by atoms with van der Waals surface area (Å²) in [4.78, 5) is 13.5. The summed E-state index contributed by atoms with van der Waals surface area (Å²) < 4.78 is 19.7. The van der Waals surface area contributed by atoms with Crippen LogP contribution >= 0.6 is 11.8 Å². The van der Waals surface area contributed by atoms with Crippen molar-refractivity contribution in [2.75, 3.05) is 45.8 Å². The number of hydrogen-bond acceptors (Lipinski definition) is 5. The molecule has 1 N–H and O–H groups in total. The third kappa shape index (κ3) is 12.3. The second-order valence-electron chi connectivity index (χ2n) is 7.91. The van der Waals surface area contributed by atoms with Crippen LogP contribution in [0.3, 0.4) is 0 Å². The topological polar surface area (TPSA) is 52.8 Å². The lowest BCUT2D eigenvalue weighted by Gasteiger charge is -2.22. The molecule has 5 nitrogen and oxygen atoms in total. The van der Waals surface area contributed by atoms with Crippen LogP contribution in [0.15, 0.2) is 30.3 Å². The van der Waals surface area contributed by atoms with Gasteiger partial charge in [-0.15, -0.1) is 0 Å². The smallest absolute Gasteiger partial charge is 0.508 e. The summed E-state index contributed by atoms with van der Waals surface area (Å²) in [6.45, 7) is 12.9. The van der Waals surface area contributed by atoms with Crippen molar-refractivity contribution in [2.24, 2.45) is 0 Å². The van der Waals surface area contributed by atoms with E-state index in [0.717, 1.165) is 43.7 Å². The first-order valence-corrected chi connectivity index (χ1v) is 13.4.